The van der Waals surface area contributed by atoms with Crippen molar-refractivity contribution in [1.29, 1.82) is 0 Å². The van der Waals surface area contributed by atoms with E-state index in [1.807, 2.05) is 0 Å². The second-order valence-corrected chi connectivity index (χ2v) is 5.82. The Kier molecular flexibility index (Phi) is 4.69. The number of nitrogens with two attached hydrogens (primary N) is 1. The second-order valence-electron chi connectivity index (χ2n) is 5.82. The molecule has 0 aliphatic heterocycles. The first-order chi connectivity index (χ1) is 10.3. The third kappa shape index (κ3) is 3.72. The standard InChI is InChI=1S/C19H23NO/c20-13-15-5-9-17(10-6-15)18-11-7-16(8-12-18)14-21-19-3-1-2-4-19/h5-12,19H,1-4,13-14,20H2. The van der Waals surface area contributed by atoms with Crippen molar-refractivity contribution in [2.45, 2.75) is 44.9 Å². The van der Waals surface area contributed by atoms with Gasteiger partial charge in [-0.1, -0.05) is 61.4 Å². The van der Waals surface area contributed by atoms with Gasteiger partial charge in [-0.15, -0.1) is 0 Å². The van der Waals surface area contributed by atoms with Crippen molar-refractivity contribution >= 4 is 0 Å². The minimum Gasteiger partial charge on any atom is -0.374 e. The van der Waals surface area contributed by atoms with Crippen LogP contribution in [0.4, 0.5) is 0 Å². The molecule has 2 aromatic carbocycles. The molecular weight excluding hydrogens is 258 g/mol. The predicted molar refractivity (Wildman–Crippen MR) is 86.8 cm³/mol. The van der Waals surface area contributed by atoms with Gasteiger partial charge in [-0.05, 0) is 35.1 Å². The van der Waals surface area contributed by atoms with Crippen LogP contribution in [0.5, 0.6) is 0 Å². The molecule has 1 aliphatic carbocycles. The molecule has 2 nitrogen and oxygen atoms in total. The number of rotatable bonds is 5. The lowest BCUT2D eigenvalue weighted by Crippen LogP contribution is -2.06. The van der Waals surface area contributed by atoms with Crippen LogP contribution in [0.1, 0.15) is 36.8 Å². The Morgan fingerprint density at radius 1 is 0.810 bits per heavy atom. The number of hydrogen-bond acceptors (Lipinski definition) is 2. The van der Waals surface area contributed by atoms with Crippen LogP contribution in [0.15, 0.2) is 48.5 Å². The fourth-order valence-electron chi connectivity index (χ4n) is 2.90. The van der Waals surface area contributed by atoms with Gasteiger partial charge in [-0.2, -0.15) is 0 Å². The van der Waals surface area contributed by atoms with E-state index in [1.54, 1.807) is 0 Å². The molecule has 0 atom stereocenters. The molecular formula is C19H23NO. The minimum atomic E-state index is 0.480. The lowest BCUT2D eigenvalue weighted by atomic mass is 10.0. The van der Waals surface area contributed by atoms with Crippen molar-refractivity contribution in [2.24, 2.45) is 5.73 Å². The van der Waals surface area contributed by atoms with Gasteiger partial charge in [-0.25, -0.2) is 0 Å². The third-order valence-corrected chi connectivity index (χ3v) is 4.26. The van der Waals surface area contributed by atoms with Crippen molar-refractivity contribution in [3.8, 4) is 11.1 Å². The maximum atomic E-state index is 5.95. The number of hydrogen-bond donors (Lipinski definition) is 1. The van der Waals surface area contributed by atoms with Gasteiger partial charge in [0.1, 0.15) is 0 Å². The molecule has 0 radical (unpaired) electrons. The second kappa shape index (κ2) is 6.88. The van der Waals surface area contributed by atoms with Gasteiger partial charge < -0.3 is 10.5 Å². The van der Waals surface area contributed by atoms with Crippen LogP contribution in [-0.2, 0) is 17.9 Å². The summed E-state index contributed by atoms with van der Waals surface area (Å²) in [5, 5.41) is 0. The third-order valence-electron chi connectivity index (χ3n) is 4.26. The molecule has 0 saturated heterocycles. The highest BCUT2D eigenvalue weighted by Gasteiger charge is 2.14. The molecule has 1 saturated carbocycles. The SMILES string of the molecule is NCc1ccc(-c2ccc(COC3CCCC3)cc2)cc1. The molecule has 3 rings (SSSR count). The maximum Gasteiger partial charge on any atom is 0.0720 e. The Bertz CT molecular complexity index is 553. The van der Waals surface area contributed by atoms with E-state index in [0.29, 0.717) is 12.6 Å². The molecule has 21 heavy (non-hydrogen) atoms. The lowest BCUT2D eigenvalue weighted by molar-refractivity contribution is 0.0457. The quantitative estimate of drug-likeness (QED) is 0.888. The summed E-state index contributed by atoms with van der Waals surface area (Å²) in [6, 6.07) is 17.1. The van der Waals surface area contributed by atoms with Crippen molar-refractivity contribution in [3.05, 3.63) is 59.7 Å². The topological polar surface area (TPSA) is 35.2 Å². The first kappa shape index (κ1) is 14.3. The largest absolute Gasteiger partial charge is 0.374 e. The van der Waals surface area contributed by atoms with Crippen molar-refractivity contribution in [2.75, 3.05) is 0 Å². The van der Waals surface area contributed by atoms with Gasteiger partial charge in [0, 0.05) is 6.54 Å². The first-order valence-corrected chi connectivity index (χ1v) is 7.85. The highest BCUT2D eigenvalue weighted by atomic mass is 16.5. The fraction of sp³-hybridized carbons (Fsp3) is 0.368. The van der Waals surface area contributed by atoms with Crippen LogP contribution in [0.25, 0.3) is 11.1 Å². The summed E-state index contributed by atoms with van der Waals surface area (Å²) in [6.45, 7) is 1.33. The van der Waals surface area contributed by atoms with Crippen LogP contribution < -0.4 is 5.73 Å². The summed E-state index contributed by atoms with van der Waals surface area (Å²) in [5.74, 6) is 0. The summed E-state index contributed by atoms with van der Waals surface area (Å²) in [6.07, 6.45) is 5.58. The Balaban J connectivity index is 1.62. The Morgan fingerprint density at radius 2 is 1.33 bits per heavy atom. The summed E-state index contributed by atoms with van der Waals surface area (Å²) >= 11 is 0. The summed E-state index contributed by atoms with van der Waals surface area (Å²) < 4.78 is 5.95. The number of ether oxygens (including phenoxy) is 1. The van der Waals surface area contributed by atoms with E-state index in [9.17, 15) is 0 Å². The number of benzene rings is 2. The smallest absolute Gasteiger partial charge is 0.0720 e. The van der Waals surface area contributed by atoms with Gasteiger partial charge >= 0.3 is 0 Å². The highest BCUT2D eigenvalue weighted by Crippen LogP contribution is 2.23. The molecule has 0 aromatic heterocycles. The molecule has 0 amide bonds. The van der Waals surface area contributed by atoms with E-state index in [2.05, 4.69) is 48.5 Å². The summed E-state index contributed by atoms with van der Waals surface area (Å²) in [7, 11) is 0. The Labute approximate surface area is 126 Å². The molecule has 2 N–H and O–H groups in total. The maximum absolute atomic E-state index is 5.95. The van der Waals surface area contributed by atoms with E-state index in [0.717, 1.165) is 6.61 Å². The van der Waals surface area contributed by atoms with Crippen LogP contribution in [0.3, 0.4) is 0 Å². The highest BCUT2D eigenvalue weighted by molar-refractivity contribution is 5.63. The van der Waals surface area contributed by atoms with Crippen LogP contribution in [0.2, 0.25) is 0 Å². The van der Waals surface area contributed by atoms with Crippen LogP contribution in [-0.4, -0.2) is 6.10 Å². The molecule has 1 fully saturated rings. The van der Waals surface area contributed by atoms with E-state index < -0.39 is 0 Å². The van der Waals surface area contributed by atoms with E-state index in [-0.39, 0.29) is 0 Å². The van der Waals surface area contributed by atoms with Gasteiger partial charge in [0.25, 0.3) is 0 Å². The Morgan fingerprint density at radius 3 is 1.86 bits per heavy atom. The van der Waals surface area contributed by atoms with E-state index in [1.165, 1.54) is 47.9 Å². The lowest BCUT2D eigenvalue weighted by Gasteiger charge is -2.11. The van der Waals surface area contributed by atoms with Crippen molar-refractivity contribution in [1.82, 2.24) is 0 Å². The molecule has 0 bridgehead atoms. The Hall–Kier alpha value is -1.64. The van der Waals surface area contributed by atoms with E-state index in [4.69, 9.17) is 10.5 Å². The molecule has 2 heteroatoms. The average molecular weight is 281 g/mol. The molecule has 1 aliphatic rings. The summed E-state index contributed by atoms with van der Waals surface area (Å²) in [5.41, 5.74) is 10.5. The first-order valence-electron chi connectivity index (χ1n) is 7.85. The zero-order valence-electron chi connectivity index (χ0n) is 12.4. The monoisotopic (exact) mass is 281 g/mol. The van der Waals surface area contributed by atoms with Crippen molar-refractivity contribution < 1.29 is 4.74 Å². The zero-order chi connectivity index (χ0) is 14.5. The van der Waals surface area contributed by atoms with Crippen molar-refractivity contribution in [3.63, 3.8) is 0 Å². The molecule has 2 aromatic rings. The molecule has 0 unspecified atom stereocenters. The van der Waals surface area contributed by atoms with Gasteiger partial charge in [-0.3, -0.25) is 0 Å². The van der Waals surface area contributed by atoms with E-state index >= 15 is 0 Å². The minimum absolute atomic E-state index is 0.480. The average Bonchev–Trinajstić information content (AvgIpc) is 3.07. The van der Waals surface area contributed by atoms with Crippen LogP contribution >= 0.6 is 0 Å². The molecule has 0 spiro atoms. The normalized spacial score (nSPS) is 15.5. The summed E-state index contributed by atoms with van der Waals surface area (Å²) in [4.78, 5) is 0. The van der Waals surface area contributed by atoms with Gasteiger partial charge in [0.2, 0.25) is 0 Å². The zero-order valence-corrected chi connectivity index (χ0v) is 12.4. The van der Waals surface area contributed by atoms with Gasteiger partial charge in [0.05, 0.1) is 12.7 Å². The molecule has 110 valence electrons. The molecule has 0 heterocycles. The van der Waals surface area contributed by atoms with Gasteiger partial charge in [0.15, 0.2) is 0 Å². The fourth-order valence-corrected chi connectivity index (χ4v) is 2.90. The predicted octanol–water partition coefficient (Wildman–Crippen LogP) is 4.27. The van der Waals surface area contributed by atoms with Crippen LogP contribution in [0, 0.1) is 0 Å².